The molecule has 1 aliphatic rings. The largest absolute Gasteiger partial charge is 0.377 e. The van der Waals surface area contributed by atoms with Crippen molar-refractivity contribution in [1.29, 1.82) is 0 Å². The molecule has 2 unspecified atom stereocenters. The Hall–Kier alpha value is -1.04. The minimum absolute atomic E-state index is 0.180. The van der Waals surface area contributed by atoms with Gasteiger partial charge in [0.15, 0.2) is 11.6 Å². The Morgan fingerprint density at radius 1 is 1.43 bits per heavy atom. The Morgan fingerprint density at radius 2 is 2.24 bits per heavy atom. The molecule has 1 N–H and O–H groups in total. The van der Waals surface area contributed by atoms with Crippen LogP contribution in [0.2, 0.25) is 0 Å². The molecule has 2 atom stereocenters. The molecule has 1 fully saturated rings. The topological polar surface area (TPSA) is 24.5 Å². The van der Waals surface area contributed by atoms with Gasteiger partial charge in [0.05, 0.1) is 6.10 Å². The van der Waals surface area contributed by atoms with E-state index in [1.54, 1.807) is 19.2 Å². The zero-order valence-electron chi connectivity index (χ0n) is 12.7. The number of nitrogens with one attached hydrogen (secondary N) is 1. The molecule has 3 nitrogen and oxygen atoms in total. The summed E-state index contributed by atoms with van der Waals surface area (Å²) < 4.78 is 32.8. The van der Waals surface area contributed by atoms with Gasteiger partial charge in [-0.15, -0.1) is 0 Å². The quantitative estimate of drug-likeness (QED) is 0.904. The first-order chi connectivity index (χ1) is 10.1. The average Bonchev–Trinajstić information content (AvgIpc) is 2.68. The molecule has 0 bridgehead atoms. The number of hydrogen-bond donors (Lipinski definition) is 1. The van der Waals surface area contributed by atoms with Gasteiger partial charge >= 0.3 is 0 Å². The summed E-state index contributed by atoms with van der Waals surface area (Å²) in [7, 11) is 1.78. The van der Waals surface area contributed by atoms with Gasteiger partial charge in [0, 0.05) is 37.8 Å². The van der Waals surface area contributed by atoms with E-state index in [2.05, 4.69) is 17.1 Å². The normalized spacial score (nSPS) is 22.0. The minimum atomic E-state index is -0.787. The van der Waals surface area contributed by atoms with E-state index in [9.17, 15) is 8.78 Å². The second-order valence-corrected chi connectivity index (χ2v) is 5.61. The highest BCUT2D eigenvalue weighted by Gasteiger charge is 2.20. The van der Waals surface area contributed by atoms with E-state index < -0.39 is 11.6 Å². The maximum atomic E-state index is 13.9. The second kappa shape index (κ2) is 7.82. The van der Waals surface area contributed by atoms with Crippen LogP contribution in [0.3, 0.4) is 0 Å². The van der Waals surface area contributed by atoms with Crippen LogP contribution < -0.4 is 5.32 Å². The molecule has 1 aromatic rings. The lowest BCUT2D eigenvalue weighted by Crippen LogP contribution is -2.33. The van der Waals surface area contributed by atoms with Crippen molar-refractivity contribution in [3.05, 3.63) is 35.4 Å². The third-order valence-electron chi connectivity index (χ3n) is 3.98. The minimum Gasteiger partial charge on any atom is -0.377 e. The van der Waals surface area contributed by atoms with Gasteiger partial charge in [0.1, 0.15) is 0 Å². The van der Waals surface area contributed by atoms with Crippen molar-refractivity contribution in [3.8, 4) is 0 Å². The van der Waals surface area contributed by atoms with Gasteiger partial charge in [-0.05, 0) is 32.9 Å². The van der Waals surface area contributed by atoms with Gasteiger partial charge in [-0.2, -0.15) is 0 Å². The molecule has 1 heterocycles. The van der Waals surface area contributed by atoms with Crippen LogP contribution in [-0.2, 0) is 4.74 Å². The molecule has 0 aliphatic carbocycles. The van der Waals surface area contributed by atoms with E-state index >= 15 is 0 Å². The number of nitrogens with zero attached hydrogens (tertiary/aromatic N) is 1. The average molecular weight is 298 g/mol. The molecule has 21 heavy (non-hydrogen) atoms. The number of rotatable bonds is 5. The van der Waals surface area contributed by atoms with Crippen LogP contribution in [0.4, 0.5) is 8.78 Å². The molecule has 2 rings (SSSR count). The first-order valence-electron chi connectivity index (χ1n) is 7.57. The number of benzene rings is 1. The van der Waals surface area contributed by atoms with Gasteiger partial charge in [0.25, 0.3) is 0 Å². The third kappa shape index (κ3) is 4.46. The highest BCUT2D eigenvalue weighted by atomic mass is 19.2. The van der Waals surface area contributed by atoms with Crippen molar-refractivity contribution in [2.75, 3.05) is 33.3 Å². The van der Waals surface area contributed by atoms with Crippen molar-refractivity contribution in [3.63, 3.8) is 0 Å². The Kier molecular flexibility index (Phi) is 6.08. The van der Waals surface area contributed by atoms with Crippen LogP contribution in [-0.4, -0.2) is 44.3 Å². The zero-order valence-corrected chi connectivity index (χ0v) is 12.7. The molecule has 0 saturated carbocycles. The summed E-state index contributed by atoms with van der Waals surface area (Å²) in [4.78, 5) is 2.33. The molecule has 0 amide bonds. The van der Waals surface area contributed by atoms with Gasteiger partial charge in [0.2, 0.25) is 0 Å². The molecule has 0 aromatic heterocycles. The molecular formula is C16H24F2N2O. The fourth-order valence-electron chi connectivity index (χ4n) is 2.84. The Morgan fingerprint density at radius 3 is 3.00 bits per heavy atom. The van der Waals surface area contributed by atoms with Crippen LogP contribution in [0.25, 0.3) is 0 Å². The third-order valence-corrected chi connectivity index (χ3v) is 3.98. The maximum absolute atomic E-state index is 13.9. The molecule has 0 spiro atoms. The molecule has 1 saturated heterocycles. The number of halogens is 2. The van der Waals surface area contributed by atoms with Gasteiger partial charge in [-0.25, -0.2) is 8.78 Å². The van der Waals surface area contributed by atoms with Gasteiger partial charge < -0.3 is 15.0 Å². The lowest BCUT2D eigenvalue weighted by atomic mass is 10.0. The zero-order chi connectivity index (χ0) is 15.2. The first kappa shape index (κ1) is 16.3. The molecule has 0 radical (unpaired) electrons. The fraction of sp³-hybridized carbons (Fsp3) is 0.625. The van der Waals surface area contributed by atoms with Crippen LogP contribution in [0.1, 0.15) is 31.4 Å². The van der Waals surface area contributed by atoms with Crippen LogP contribution in [0.5, 0.6) is 0 Å². The molecule has 118 valence electrons. The van der Waals surface area contributed by atoms with Crippen LogP contribution in [0, 0.1) is 11.6 Å². The smallest absolute Gasteiger partial charge is 0.163 e. The van der Waals surface area contributed by atoms with E-state index in [0.29, 0.717) is 5.56 Å². The molecule has 1 aromatic carbocycles. The number of hydrogen-bond acceptors (Lipinski definition) is 3. The summed E-state index contributed by atoms with van der Waals surface area (Å²) in [6.07, 6.45) is 1.98. The summed E-state index contributed by atoms with van der Waals surface area (Å²) in [6, 6.07) is 4.17. The van der Waals surface area contributed by atoms with Crippen LogP contribution in [0.15, 0.2) is 18.2 Å². The van der Waals surface area contributed by atoms with E-state index in [1.165, 1.54) is 0 Å². The summed E-state index contributed by atoms with van der Waals surface area (Å²) in [5, 5.41) is 3.09. The standard InChI is InChI=1S/C16H24F2N2O/c1-12-11-20(8-4-10-21-12)9-7-15(19-2)13-5-3-6-14(17)16(13)18/h3,5-6,12,15,19H,4,7-11H2,1-2H3. The van der Waals surface area contributed by atoms with Crippen molar-refractivity contribution in [2.24, 2.45) is 0 Å². The summed E-state index contributed by atoms with van der Waals surface area (Å²) in [5.74, 6) is -1.53. The predicted octanol–water partition coefficient (Wildman–Crippen LogP) is 2.73. The molecular weight excluding hydrogens is 274 g/mol. The van der Waals surface area contributed by atoms with Crippen molar-refractivity contribution in [1.82, 2.24) is 10.2 Å². The predicted molar refractivity (Wildman–Crippen MR) is 79.2 cm³/mol. The van der Waals surface area contributed by atoms with E-state index in [4.69, 9.17) is 4.74 Å². The highest BCUT2D eigenvalue weighted by Crippen LogP contribution is 2.22. The van der Waals surface area contributed by atoms with Crippen molar-refractivity contribution in [2.45, 2.75) is 31.9 Å². The van der Waals surface area contributed by atoms with E-state index in [-0.39, 0.29) is 12.1 Å². The Bertz CT molecular complexity index is 456. The van der Waals surface area contributed by atoms with Crippen molar-refractivity contribution >= 4 is 0 Å². The SMILES string of the molecule is CNC(CCN1CCCOC(C)C1)c1cccc(F)c1F. The molecule has 5 heteroatoms. The molecule has 1 aliphatic heterocycles. The van der Waals surface area contributed by atoms with Crippen molar-refractivity contribution < 1.29 is 13.5 Å². The van der Waals surface area contributed by atoms with E-state index in [0.717, 1.165) is 45.1 Å². The monoisotopic (exact) mass is 298 g/mol. The maximum Gasteiger partial charge on any atom is 0.163 e. The lowest BCUT2D eigenvalue weighted by molar-refractivity contribution is 0.0672. The Labute approximate surface area is 125 Å². The summed E-state index contributed by atoms with van der Waals surface area (Å²) in [5.41, 5.74) is 0.400. The second-order valence-electron chi connectivity index (χ2n) is 5.61. The fourth-order valence-corrected chi connectivity index (χ4v) is 2.84. The van der Waals surface area contributed by atoms with Gasteiger partial charge in [-0.1, -0.05) is 12.1 Å². The lowest BCUT2D eigenvalue weighted by Gasteiger charge is -2.25. The highest BCUT2D eigenvalue weighted by molar-refractivity contribution is 5.22. The van der Waals surface area contributed by atoms with Gasteiger partial charge in [-0.3, -0.25) is 0 Å². The van der Waals surface area contributed by atoms with Crippen LogP contribution >= 0.6 is 0 Å². The number of ether oxygens (including phenoxy) is 1. The summed E-state index contributed by atoms with van der Waals surface area (Å²) >= 11 is 0. The first-order valence-corrected chi connectivity index (χ1v) is 7.57. The van der Waals surface area contributed by atoms with E-state index in [1.807, 2.05) is 0 Å². The summed E-state index contributed by atoms with van der Waals surface area (Å²) in [6.45, 7) is 5.59. The Balaban J connectivity index is 1.97.